The molecule has 0 bridgehead atoms. The molecule has 1 aromatic rings. The Labute approximate surface area is 115 Å². The van der Waals surface area contributed by atoms with Crippen molar-refractivity contribution in [3.8, 4) is 0 Å². The van der Waals surface area contributed by atoms with Crippen LogP contribution in [0.25, 0.3) is 0 Å². The van der Waals surface area contributed by atoms with E-state index in [2.05, 4.69) is 11.4 Å². The number of benzene rings is 1. The Bertz CT molecular complexity index is 429. The van der Waals surface area contributed by atoms with Gasteiger partial charge in [-0.1, -0.05) is 18.9 Å². The van der Waals surface area contributed by atoms with E-state index >= 15 is 0 Å². The molecule has 104 valence electrons. The Morgan fingerprint density at radius 3 is 2.74 bits per heavy atom. The average Bonchev–Trinajstić information content (AvgIpc) is 2.89. The minimum Gasteiger partial charge on any atom is -0.396 e. The van der Waals surface area contributed by atoms with Crippen LogP contribution in [0.3, 0.4) is 0 Å². The molecule has 1 aliphatic carbocycles. The van der Waals surface area contributed by atoms with Crippen molar-refractivity contribution in [3.63, 3.8) is 0 Å². The summed E-state index contributed by atoms with van der Waals surface area (Å²) in [7, 11) is 0. The number of hydrogen-bond acceptors (Lipinski definition) is 2. The van der Waals surface area contributed by atoms with Crippen molar-refractivity contribution in [2.45, 2.75) is 44.9 Å². The number of aliphatic hydroxyl groups is 1. The van der Waals surface area contributed by atoms with Gasteiger partial charge in [0.15, 0.2) is 0 Å². The summed E-state index contributed by atoms with van der Waals surface area (Å²) in [6.07, 6.45) is 7.41. The van der Waals surface area contributed by atoms with E-state index in [1.54, 1.807) is 0 Å². The molecule has 1 amide bonds. The maximum Gasteiger partial charge on any atom is 0.251 e. The lowest BCUT2D eigenvalue weighted by atomic mass is 10.1. The molecule has 0 fully saturated rings. The molecular weight excluding hydrogens is 238 g/mol. The largest absolute Gasteiger partial charge is 0.396 e. The first kappa shape index (κ1) is 14.1. The zero-order chi connectivity index (χ0) is 13.5. The molecule has 0 atom stereocenters. The number of aliphatic hydroxyl groups excluding tert-OH is 1. The third kappa shape index (κ3) is 4.06. The van der Waals surface area contributed by atoms with E-state index in [1.807, 2.05) is 12.1 Å². The third-order valence-corrected chi connectivity index (χ3v) is 3.73. The van der Waals surface area contributed by atoms with E-state index in [1.165, 1.54) is 17.5 Å². The molecule has 3 nitrogen and oxygen atoms in total. The summed E-state index contributed by atoms with van der Waals surface area (Å²) in [4.78, 5) is 12.0. The van der Waals surface area contributed by atoms with Gasteiger partial charge in [-0.25, -0.2) is 0 Å². The Kier molecular flexibility index (Phi) is 5.40. The minimum atomic E-state index is 0.0388. The van der Waals surface area contributed by atoms with Gasteiger partial charge >= 0.3 is 0 Å². The van der Waals surface area contributed by atoms with Crippen molar-refractivity contribution in [2.24, 2.45) is 0 Å². The molecule has 1 aromatic carbocycles. The summed E-state index contributed by atoms with van der Waals surface area (Å²) < 4.78 is 0. The lowest BCUT2D eigenvalue weighted by Gasteiger charge is -2.07. The fraction of sp³-hybridized carbons (Fsp3) is 0.562. The summed E-state index contributed by atoms with van der Waals surface area (Å²) in [6.45, 7) is 0.989. The van der Waals surface area contributed by atoms with Crippen LogP contribution in [-0.2, 0) is 12.8 Å². The molecule has 0 heterocycles. The van der Waals surface area contributed by atoms with Gasteiger partial charge in [0.1, 0.15) is 0 Å². The topological polar surface area (TPSA) is 49.3 Å². The minimum absolute atomic E-state index is 0.0388. The number of carbonyl (C=O) groups is 1. The van der Waals surface area contributed by atoms with Crippen LogP contribution in [0, 0.1) is 0 Å². The summed E-state index contributed by atoms with van der Waals surface area (Å²) in [6, 6.07) is 6.08. The number of nitrogens with one attached hydrogen (secondary N) is 1. The van der Waals surface area contributed by atoms with Gasteiger partial charge in [0.25, 0.3) is 5.91 Å². The second-order valence-electron chi connectivity index (χ2n) is 5.23. The molecule has 2 N–H and O–H groups in total. The average molecular weight is 261 g/mol. The highest BCUT2D eigenvalue weighted by Crippen LogP contribution is 2.22. The molecule has 2 rings (SSSR count). The monoisotopic (exact) mass is 261 g/mol. The van der Waals surface area contributed by atoms with E-state index in [4.69, 9.17) is 5.11 Å². The second kappa shape index (κ2) is 7.29. The first-order valence-electron chi connectivity index (χ1n) is 7.32. The molecule has 0 saturated carbocycles. The van der Waals surface area contributed by atoms with Gasteiger partial charge in [-0.15, -0.1) is 0 Å². The van der Waals surface area contributed by atoms with Gasteiger partial charge in [0, 0.05) is 18.7 Å². The molecule has 3 heteroatoms. The fourth-order valence-electron chi connectivity index (χ4n) is 2.61. The molecule has 0 aromatic heterocycles. The van der Waals surface area contributed by atoms with Crippen LogP contribution in [0.2, 0.25) is 0 Å². The highest BCUT2D eigenvalue weighted by molar-refractivity contribution is 5.94. The van der Waals surface area contributed by atoms with Crippen LogP contribution in [0.1, 0.15) is 53.6 Å². The van der Waals surface area contributed by atoms with Crippen molar-refractivity contribution in [1.29, 1.82) is 0 Å². The van der Waals surface area contributed by atoms with Gasteiger partial charge in [-0.2, -0.15) is 0 Å². The van der Waals surface area contributed by atoms with Crippen LogP contribution >= 0.6 is 0 Å². The summed E-state index contributed by atoms with van der Waals surface area (Å²) >= 11 is 0. The molecule has 1 aliphatic rings. The number of amides is 1. The van der Waals surface area contributed by atoms with Crippen molar-refractivity contribution >= 4 is 5.91 Å². The Morgan fingerprint density at radius 1 is 1.11 bits per heavy atom. The zero-order valence-electron chi connectivity index (χ0n) is 11.5. The Morgan fingerprint density at radius 2 is 1.89 bits per heavy atom. The molecular formula is C16H23NO2. The van der Waals surface area contributed by atoms with Gasteiger partial charge in [0.2, 0.25) is 0 Å². The number of aryl methyl sites for hydroxylation is 2. The Balaban J connectivity index is 1.74. The van der Waals surface area contributed by atoms with Crippen molar-refractivity contribution in [1.82, 2.24) is 5.32 Å². The number of unbranched alkanes of at least 4 members (excludes halogenated alkanes) is 3. The number of hydrogen-bond donors (Lipinski definition) is 2. The van der Waals surface area contributed by atoms with Crippen LogP contribution < -0.4 is 5.32 Å². The van der Waals surface area contributed by atoms with E-state index in [9.17, 15) is 4.79 Å². The van der Waals surface area contributed by atoms with Gasteiger partial charge in [0.05, 0.1) is 0 Å². The van der Waals surface area contributed by atoms with Crippen LogP contribution in [0.5, 0.6) is 0 Å². The van der Waals surface area contributed by atoms with Crippen LogP contribution in [-0.4, -0.2) is 24.2 Å². The molecule has 0 aliphatic heterocycles. The van der Waals surface area contributed by atoms with Crippen molar-refractivity contribution < 1.29 is 9.90 Å². The molecule has 19 heavy (non-hydrogen) atoms. The van der Waals surface area contributed by atoms with Crippen LogP contribution in [0.4, 0.5) is 0 Å². The fourth-order valence-corrected chi connectivity index (χ4v) is 2.61. The zero-order valence-corrected chi connectivity index (χ0v) is 11.5. The van der Waals surface area contributed by atoms with Crippen molar-refractivity contribution in [3.05, 3.63) is 34.9 Å². The first-order chi connectivity index (χ1) is 9.31. The standard InChI is InChI=1S/C16H23NO2/c18-11-4-2-1-3-10-17-16(19)15-9-8-13-6-5-7-14(13)12-15/h8-9,12,18H,1-7,10-11H2,(H,17,19). The van der Waals surface area contributed by atoms with Gasteiger partial charge < -0.3 is 10.4 Å². The predicted octanol–water partition coefficient (Wildman–Crippen LogP) is 2.46. The summed E-state index contributed by atoms with van der Waals surface area (Å²) in [5.74, 6) is 0.0388. The second-order valence-corrected chi connectivity index (χ2v) is 5.23. The summed E-state index contributed by atoms with van der Waals surface area (Å²) in [5, 5.41) is 11.6. The Hall–Kier alpha value is -1.35. The van der Waals surface area contributed by atoms with Crippen LogP contribution in [0.15, 0.2) is 18.2 Å². The van der Waals surface area contributed by atoms with Gasteiger partial charge in [-0.3, -0.25) is 4.79 Å². The maximum absolute atomic E-state index is 12.0. The van der Waals surface area contributed by atoms with E-state index in [-0.39, 0.29) is 12.5 Å². The normalized spacial score (nSPS) is 13.3. The molecule has 0 saturated heterocycles. The highest BCUT2D eigenvalue weighted by Gasteiger charge is 2.13. The predicted molar refractivity (Wildman–Crippen MR) is 76.4 cm³/mol. The molecule has 0 unspecified atom stereocenters. The highest BCUT2D eigenvalue weighted by atomic mass is 16.2. The first-order valence-corrected chi connectivity index (χ1v) is 7.32. The SMILES string of the molecule is O=C(NCCCCCCO)c1ccc2c(c1)CCC2. The molecule has 0 radical (unpaired) electrons. The molecule has 0 spiro atoms. The smallest absolute Gasteiger partial charge is 0.251 e. The summed E-state index contributed by atoms with van der Waals surface area (Å²) in [5.41, 5.74) is 3.53. The van der Waals surface area contributed by atoms with Crippen molar-refractivity contribution in [2.75, 3.05) is 13.2 Å². The van der Waals surface area contributed by atoms with Gasteiger partial charge in [-0.05, 0) is 55.4 Å². The number of carbonyl (C=O) groups excluding carboxylic acids is 1. The number of fused-ring (bicyclic) bond motifs is 1. The number of rotatable bonds is 7. The third-order valence-electron chi connectivity index (χ3n) is 3.73. The van der Waals surface area contributed by atoms with E-state index in [0.29, 0.717) is 0 Å². The van der Waals surface area contributed by atoms with E-state index in [0.717, 1.165) is 50.6 Å². The lowest BCUT2D eigenvalue weighted by Crippen LogP contribution is -2.24. The quantitative estimate of drug-likeness (QED) is 0.741. The van der Waals surface area contributed by atoms with E-state index < -0.39 is 0 Å². The maximum atomic E-state index is 12.0. The lowest BCUT2D eigenvalue weighted by molar-refractivity contribution is 0.0952.